The first-order valence-corrected chi connectivity index (χ1v) is 6.70. The van der Waals surface area contributed by atoms with Crippen LogP contribution >= 0.6 is 0 Å². The van der Waals surface area contributed by atoms with Crippen LogP contribution in [0.4, 0.5) is 0 Å². The van der Waals surface area contributed by atoms with Crippen molar-refractivity contribution in [3.63, 3.8) is 0 Å². The van der Waals surface area contributed by atoms with Gasteiger partial charge in [0.05, 0.1) is 29.1 Å². The molecule has 0 aliphatic rings. The maximum Gasteiger partial charge on any atom is 0.223 e. The number of nitrogens with zero attached hydrogens (tertiary/aromatic N) is 1. The summed E-state index contributed by atoms with van der Waals surface area (Å²) in [7, 11) is 1.61. The van der Waals surface area contributed by atoms with Crippen molar-refractivity contribution >= 4 is 16.9 Å². The fourth-order valence-electron chi connectivity index (χ4n) is 2.00. The van der Waals surface area contributed by atoms with E-state index >= 15 is 0 Å². The van der Waals surface area contributed by atoms with Gasteiger partial charge in [0.15, 0.2) is 0 Å². The Labute approximate surface area is 118 Å². The lowest BCUT2D eigenvalue weighted by molar-refractivity contribution is -0.126. The zero-order chi connectivity index (χ0) is 14.8. The lowest BCUT2D eigenvalue weighted by Gasteiger charge is -2.23. The van der Waals surface area contributed by atoms with Crippen LogP contribution in [0.3, 0.4) is 0 Å². The number of rotatable bonds is 5. The van der Waals surface area contributed by atoms with Gasteiger partial charge in [-0.15, -0.1) is 0 Å². The number of fused-ring (bicyclic) bond motifs is 1. The van der Waals surface area contributed by atoms with E-state index in [9.17, 15) is 4.79 Å². The van der Waals surface area contributed by atoms with Gasteiger partial charge in [-0.3, -0.25) is 4.79 Å². The van der Waals surface area contributed by atoms with Gasteiger partial charge in [0, 0.05) is 7.11 Å². The number of methoxy groups -OCH3 is 1. The molecule has 1 atom stereocenters. The topological polar surface area (TPSA) is 67.0 Å². The summed E-state index contributed by atoms with van der Waals surface area (Å²) in [6.45, 7) is 5.69. The molecule has 5 heteroatoms. The van der Waals surface area contributed by atoms with E-state index in [0.29, 0.717) is 6.42 Å². The maximum absolute atomic E-state index is 12.0. The number of carbonyl (C=O) groups is 1. The van der Waals surface area contributed by atoms with E-state index in [1.54, 1.807) is 7.11 Å². The Morgan fingerprint density at radius 3 is 2.80 bits per heavy atom. The maximum atomic E-state index is 12.0. The molecule has 5 nitrogen and oxygen atoms in total. The number of para-hydroxylation sites is 2. The molecule has 1 aromatic heterocycles. The third kappa shape index (κ3) is 3.36. The standard InChI is InChI=1S/C15H21N3O2/c1-10(16-13(19)9-15(2,3)20-4)14-17-11-7-5-6-8-12(11)18-14/h5-8,10H,9H2,1-4H3,(H,16,19)(H,17,18). The molecular weight excluding hydrogens is 254 g/mol. The van der Waals surface area contributed by atoms with Crippen molar-refractivity contribution in [3.8, 4) is 0 Å². The Balaban J connectivity index is 2.04. The third-order valence-electron chi connectivity index (χ3n) is 3.33. The minimum Gasteiger partial charge on any atom is -0.378 e. The molecule has 0 aliphatic carbocycles. The quantitative estimate of drug-likeness (QED) is 0.881. The number of amides is 1. The summed E-state index contributed by atoms with van der Waals surface area (Å²) in [6, 6.07) is 7.64. The van der Waals surface area contributed by atoms with Gasteiger partial charge in [0.1, 0.15) is 5.82 Å². The number of imidazole rings is 1. The number of H-pyrrole nitrogens is 1. The molecule has 0 saturated heterocycles. The Morgan fingerprint density at radius 2 is 2.15 bits per heavy atom. The zero-order valence-electron chi connectivity index (χ0n) is 12.4. The molecule has 0 fully saturated rings. The number of aromatic nitrogens is 2. The van der Waals surface area contributed by atoms with Crippen LogP contribution in [0.25, 0.3) is 11.0 Å². The fourth-order valence-corrected chi connectivity index (χ4v) is 2.00. The summed E-state index contributed by atoms with van der Waals surface area (Å²) < 4.78 is 5.26. The van der Waals surface area contributed by atoms with Crippen molar-refractivity contribution < 1.29 is 9.53 Å². The summed E-state index contributed by atoms with van der Waals surface area (Å²) in [6.07, 6.45) is 0.314. The average molecular weight is 275 g/mol. The summed E-state index contributed by atoms with van der Waals surface area (Å²) in [5.41, 5.74) is 1.42. The number of carbonyl (C=O) groups excluding carboxylic acids is 1. The van der Waals surface area contributed by atoms with Crippen LogP contribution in [-0.4, -0.2) is 28.6 Å². The second kappa shape index (κ2) is 5.63. The number of benzene rings is 1. The summed E-state index contributed by atoms with van der Waals surface area (Å²) in [4.78, 5) is 19.7. The van der Waals surface area contributed by atoms with Crippen LogP contribution in [0.5, 0.6) is 0 Å². The van der Waals surface area contributed by atoms with Crippen LogP contribution < -0.4 is 5.32 Å². The molecular formula is C15H21N3O2. The molecule has 2 N–H and O–H groups in total. The highest BCUT2D eigenvalue weighted by Crippen LogP contribution is 2.17. The summed E-state index contributed by atoms with van der Waals surface area (Å²) in [5.74, 6) is 0.708. The van der Waals surface area contributed by atoms with Crippen LogP contribution in [0.15, 0.2) is 24.3 Å². The fraction of sp³-hybridized carbons (Fsp3) is 0.467. The molecule has 1 heterocycles. The first-order valence-electron chi connectivity index (χ1n) is 6.70. The van der Waals surface area contributed by atoms with E-state index in [2.05, 4.69) is 15.3 Å². The number of ether oxygens (including phenoxy) is 1. The van der Waals surface area contributed by atoms with E-state index < -0.39 is 5.60 Å². The highest BCUT2D eigenvalue weighted by atomic mass is 16.5. The van der Waals surface area contributed by atoms with Gasteiger partial charge in [0.25, 0.3) is 0 Å². The van der Waals surface area contributed by atoms with Gasteiger partial charge in [0.2, 0.25) is 5.91 Å². The molecule has 0 saturated carbocycles. The molecule has 108 valence electrons. The van der Waals surface area contributed by atoms with Gasteiger partial charge >= 0.3 is 0 Å². The number of nitrogens with one attached hydrogen (secondary N) is 2. The molecule has 20 heavy (non-hydrogen) atoms. The minimum absolute atomic E-state index is 0.0511. The van der Waals surface area contributed by atoms with E-state index in [1.165, 1.54) is 0 Å². The molecule has 0 radical (unpaired) electrons. The van der Waals surface area contributed by atoms with Gasteiger partial charge in [-0.1, -0.05) is 12.1 Å². The molecule has 1 amide bonds. The van der Waals surface area contributed by atoms with Crippen molar-refractivity contribution in [2.75, 3.05) is 7.11 Å². The van der Waals surface area contributed by atoms with Crippen molar-refractivity contribution in [1.29, 1.82) is 0 Å². The van der Waals surface area contributed by atoms with Crippen molar-refractivity contribution in [3.05, 3.63) is 30.1 Å². The van der Waals surface area contributed by atoms with Crippen molar-refractivity contribution in [2.24, 2.45) is 0 Å². The zero-order valence-corrected chi connectivity index (χ0v) is 12.4. The number of hydrogen-bond acceptors (Lipinski definition) is 3. The van der Waals surface area contributed by atoms with Gasteiger partial charge in [-0.25, -0.2) is 4.98 Å². The lowest BCUT2D eigenvalue weighted by atomic mass is 10.0. The molecule has 1 aromatic carbocycles. The van der Waals surface area contributed by atoms with Gasteiger partial charge < -0.3 is 15.0 Å². The average Bonchev–Trinajstić information content (AvgIpc) is 2.81. The summed E-state index contributed by atoms with van der Waals surface area (Å²) >= 11 is 0. The molecule has 0 spiro atoms. The Kier molecular flexibility index (Phi) is 4.09. The van der Waals surface area contributed by atoms with Crippen molar-refractivity contribution in [1.82, 2.24) is 15.3 Å². The van der Waals surface area contributed by atoms with E-state index in [0.717, 1.165) is 16.9 Å². The first-order chi connectivity index (χ1) is 9.41. The van der Waals surface area contributed by atoms with Gasteiger partial charge in [-0.2, -0.15) is 0 Å². The highest BCUT2D eigenvalue weighted by molar-refractivity contribution is 5.78. The Bertz CT molecular complexity index is 571. The predicted octanol–water partition coefficient (Wildman–Crippen LogP) is 2.56. The second-order valence-electron chi connectivity index (χ2n) is 5.57. The van der Waals surface area contributed by atoms with Gasteiger partial charge in [-0.05, 0) is 32.9 Å². The molecule has 0 bridgehead atoms. The Hall–Kier alpha value is -1.88. The minimum atomic E-state index is -0.461. The summed E-state index contributed by atoms with van der Waals surface area (Å²) in [5, 5.41) is 2.93. The number of aromatic amines is 1. The molecule has 2 rings (SSSR count). The van der Waals surface area contributed by atoms with E-state index in [-0.39, 0.29) is 11.9 Å². The van der Waals surface area contributed by atoms with E-state index in [4.69, 9.17) is 4.74 Å². The largest absolute Gasteiger partial charge is 0.378 e. The first kappa shape index (κ1) is 14.5. The van der Waals surface area contributed by atoms with Crippen LogP contribution in [-0.2, 0) is 9.53 Å². The smallest absolute Gasteiger partial charge is 0.223 e. The monoisotopic (exact) mass is 275 g/mol. The third-order valence-corrected chi connectivity index (χ3v) is 3.33. The molecule has 0 aliphatic heterocycles. The predicted molar refractivity (Wildman–Crippen MR) is 78.4 cm³/mol. The second-order valence-corrected chi connectivity index (χ2v) is 5.57. The lowest BCUT2D eigenvalue weighted by Crippen LogP contribution is -2.35. The van der Waals surface area contributed by atoms with Crippen LogP contribution in [0, 0.1) is 0 Å². The SMILES string of the molecule is COC(C)(C)CC(=O)NC(C)c1nc2ccccc2[nH]1. The van der Waals surface area contributed by atoms with Crippen LogP contribution in [0.1, 0.15) is 39.1 Å². The highest BCUT2D eigenvalue weighted by Gasteiger charge is 2.22. The normalized spacial score (nSPS) is 13.4. The number of hydrogen-bond donors (Lipinski definition) is 2. The van der Waals surface area contributed by atoms with Crippen LogP contribution in [0.2, 0.25) is 0 Å². The van der Waals surface area contributed by atoms with Crippen molar-refractivity contribution in [2.45, 2.75) is 38.8 Å². The molecule has 1 unspecified atom stereocenters. The Morgan fingerprint density at radius 1 is 1.45 bits per heavy atom. The molecule has 2 aromatic rings. The van der Waals surface area contributed by atoms with E-state index in [1.807, 2.05) is 45.0 Å².